The van der Waals surface area contributed by atoms with E-state index >= 15 is 0 Å². The molecule has 5 atom stereocenters. The van der Waals surface area contributed by atoms with Crippen molar-refractivity contribution in [1.29, 1.82) is 0 Å². The van der Waals surface area contributed by atoms with Gasteiger partial charge >= 0.3 is 17.9 Å². The van der Waals surface area contributed by atoms with Crippen molar-refractivity contribution in [3.63, 3.8) is 0 Å². The van der Waals surface area contributed by atoms with Crippen LogP contribution in [0.1, 0.15) is 77.1 Å². The molecule has 1 aliphatic rings. The van der Waals surface area contributed by atoms with Gasteiger partial charge in [0.15, 0.2) is 11.4 Å². The largest absolute Gasteiger partial charge is 0.463 e. The number of aliphatic hydroxyl groups is 3. The molecule has 0 amide bonds. The molecule has 378 valence electrons. The van der Waals surface area contributed by atoms with Crippen molar-refractivity contribution in [1.82, 2.24) is 20.1 Å². The normalized spacial score (nSPS) is 16.0. The second-order valence-electron chi connectivity index (χ2n) is 18.3. The van der Waals surface area contributed by atoms with Gasteiger partial charge in [-0.3, -0.25) is 19.2 Å². The van der Waals surface area contributed by atoms with Crippen LogP contribution in [0, 0.1) is 23.6 Å². The molecule has 7 aromatic rings. The monoisotopic (exact) mass is 998 g/mol. The number of carbonyl (C=O) groups is 4. The van der Waals surface area contributed by atoms with Gasteiger partial charge in [0.05, 0.1) is 12.5 Å². The first-order chi connectivity index (χ1) is 35.6. The molecule has 5 unspecified atom stereocenters. The van der Waals surface area contributed by atoms with Crippen LogP contribution in [-0.4, -0.2) is 91.3 Å². The van der Waals surface area contributed by atoms with Gasteiger partial charge in [0.25, 0.3) is 0 Å². The fraction of sp³-hybridized carbons (Fsp3) is 0.254. The first-order valence-corrected chi connectivity index (χ1v) is 24.0. The number of hydrogen-bond acceptors (Lipinski definition) is 13. The van der Waals surface area contributed by atoms with Gasteiger partial charge in [0, 0.05) is 49.9 Å². The molecule has 8 rings (SSSR count). The van der Waals surface area contributed by atoms with Gasteiger partial charge < -0.3 is 34.8 Å². The lowest BCUT2D eigenvalue weighted by Crippen LogP contribution is -2.60. The highest BCUT2D eigenvalue weighted by Crippen LogP contribution is 2.47. The van der Waals surface area contributed by atoms with Crippen LogP contribution in [0.2, 0.25) is 0 Å². The zero-order chi connectivity index (χ0) is 52.5. The molecular formula is C59H55FN4O10. The number of aliphatic hydroxyl groups excluding tert-OH is 2. The maximum absolute atomic E-state index is 14.4. The Morgan fingerprint density at radius 3 is 1.72 bits per heavy atom. The smallest absolute Gasteiger partial charge is 0.311 e. The Bertz CT molecular complexity index is 3010. The number of benzene rings is 6. The number of rotatable bonds is 19. The number of carbonyl (C=O) groups excluding carboxylic acids is 4. The molecule has 1 saturated heterocycles. The van der Waals surface area contributed by atoms with Gasteiger partial charge in [-0.15, -0.1) is 5.10 Å². The number of hydrogen-bond donors (Lipinski definition) is 4. The number of halogens is 1. The summed E-state index contributed by atoms with van der Waals surface area (Å²) in [5.74, 6) is 2.82. The quantitative estimate of drug-likeness (QED) is 0.0305. The van der Waals surface area contributed by atoms with E-state index in [0.717, 1.165) is 36.1 Å². The summed E-state index contributed by atoms with van der Waals surface area (Å²) < 4.78 is 32.3. The van der Waals surface area contributed by atoms with Crippen LogP contribution >= 0.6 is 0 Å². The Morgan fingerprint density at radius 2 is 1.23 bits per heavy atom. The summed E-state index contributed by atoms with van der Waals surface area (Å²) >= 11 is 0. The third-order valence-corrected chi connectivity index (χ3v) is 13.3. The van der Waals surface area contributed by atoms with E-state index in [2.05, 4.69) is 58.5 Å². The molecule has 74 heavy (non-hydrogen) atoms. The maximum atomic E-state index is 14.4. The average molecular weight is 999 g/mol. The highest BCUT2D eigenvalue weighted by atomic mass is 19.1. The SMILES string of the molecule is CC(=O)OCC(O)(COC(C)=O)C(O)C(O)Cc1ccc(CC(=O)OC(C(C)=O)(c2ccc(F)cc2)C2CNC2c2ccc(C#Cc3ncn(C(c4ccccc4)(c4ccccc4)c4ccccc4)n3)cc2)cc1. The van der Waals surface area contributed by atoms with Crippen molar-refractivity contribution < 1.29 is 53.1 Å². The van der Waals surface area contributed by atoms with Gasteiger partial charge in [-0.2, -0.15) is 0 Å². The molecule has 2 heterocycles. The van der Waals surface area contributed by atoms with Crippen LogP contribution in [0.5, 0.6) is 0 Å². The molecule has 14 nitrogen and oxygen atoms in total. The second-order valence-corrected chi connectivity index (χ2v) is 18.3. The number of aromatic nitrogens is 3. The fourth-order valence-corrected chi connectivity index (χ4v) is 9.54. The molecule has 0 saturated carbocycles. The predicted octanol–water partition coefficient (Wildman–Crippen LogP) is 6.31. The third kappa shape index (κ3) is 11.2. The highest BCUT2D eigenvalue weighted by Gasteiger charge is 2.55. The Hall–Kier alpha value is -8.13. The van der Waals surface area contributed by atoms with Crippen LogP contribution in [0.15, 0.2) is 170 Å². The first-order valence-electron chi connectivity index (χ1n) is 24.0. The van der Waals surface area contributed by atoms with Crippen LogP contribution in [0.4, 0.5) is 4.39 Å². The average Bonchev–Trinajstić information content (AvgIpc) is 3.89. The summed E-state index contributed by atoms with van der Waals surface area (Å²) in [7, 11) is 0. The second kappa shape index (κ2) is 22.7. The van der Waals surface area contributed by atoms with Gasteiger partial charge in [0.1, 0.15) is 37.0 Å². The molecule has 1 aromatic heterocycles. The van der Waals surface area contributed by atoms with E-state index in [1.54, 1.807) is 30.6 Å². The molecule has 6 aromatic carbocycles. The van der Waals surface area contributed by atoms with Crippen LogP contribution in [0.3, 0.4) is 0 Å². The number of nitrogens with one attached hydrogen (secondary N) is 1. The lowest BCUT2D eigenvalue weighted by molar-refractivity contribution is -0.190. The summed E-state index contributed by atoms with van der Waals surface area (Å²) in [4.78, 5) is 55.5. The summed E-state index contributed by atoms with van der Waals surface area (Å²) in [5, 5.41) is 41.2. The van der Waals surface area contributed by atoms with E-state index in [4.69, 9.17) is 19.3 Å². The van der Waals surface area contributed by atoms with E-state index in [9.17, 15) is 38.9 Å². The summed E-state index contributed by atoms with van der Waals surface area (Å²) in [6, 6.07) is 49.2. The maximum Gasteiger partial charge on any atom is 0.311 e. The fourth-order valence-electron chi connectivity index (χ4n) is 9.54. The lowest BCUT2D eigenvalue weighted by atomic mass is 9.68. The Balaban J connectivity index is 0.993. The van der Waals surface area contributed by atoms with Crippen molar-refractivity contribution in [2.24, 2.45) is 5.92 Å². The van der Waals surface area contributed by atoms with Crippen molar-refractivity contribution >= 4 is 23.7 Å². The number of Topliss-reactive ketones (excluding diaryl/α,β-unsaturated/α-hetero) is 1. The summed E-state index contributed by atoms with van der Waals surface area (Å²) in [5.41, 5.74) is 0.807. The predicted molar refractivity (Wildman–Crippen MR) is 270 cm³/mol. The van der Waals surface area contributed by atoms with Crippen LogP contribution in [0.25, 0.3) is 0 Å². The minimum absolute atomic E-state index is 0.182. The number of ketones is 1. The van der Waals surface area contributed by atoms with Crippen molar-refractivity contribution in [2.75, 3.05) is 19.8 Å². The first kappa shape index (κ1) is 52.2. The Kier molecular flexibility index (Phi) is 16.0. The molecule has 1 aliphatic heterocycles. The number of nitrogens with zero attached hydrogens (tertiary/aromatic N) is 3. The highest BCUT2D eigenvalue weighted by molar-refractivity contribution is 5.90. The van der Waals surface area contributed by atoms with Crippen molar-refractivity contribution in [2.45, 2.75) is 68.6 Å². The van der Waals surface area contributed by atoms with E-state index in [1.807, 2.05) is 83.5 Å². The van der Waals surface area contributed by atoms with E-state index in [0.29, 0.717) is 34.6 Å². The number of ether oxygens (including phenoxy) is 3. The van der Waals surface area contributed by atoms with Gasteiger partial charge in [-0.25, -0.2) is 14.1 Å². The topological polar surface area (TPSA) is 199 Å². The van der Waals surface area contributed by atoms with E-state index in [-0.39, 0.29) is 12.8 Å². The molecule has 15 heteroatoms. The lowest BCUT2D eigenvalue weighted by Gasteiger charge is -2.49. The zero-order valence-electron chi connectivity index (χ0n) is 40.9. The molecule has 0 aliphatic carbocycles. The zero-order valence-corrected chi connectivity index (χ0v) is 40.9. The van der Waals surface area contributed by atoms with E-state index in [1.165, 1.54) is 31.2 Å². The van der Waals surface area contributed by atoms with E-state index < -0.39 is 83.6 Å². The molecule has 4 N–H and O–H groups in total. The van der Waals surface area contributed by atoms with Gasteiger partial charge in [-0.05, 0) is 70.5 Å². The summed E-state index contributed by atoms with van der Waals surface area (Å²) in [6.07, 6.45) is -2.23. The minimum atomic E-state index is -2.31. The standard InChI is InChI=1S/C59H55FN4O10/c1-39(65)59(49-28-30-50(60)31-29-49,74-54(69)34-44-21-19-43(20-22-44)33-52(68)56(70)57(71,36-72-40(2)66)37-73-41(3)67)51-35-61-55(51)45-26-23-42(24-27-45)25-32-53-62-38-64(63-53)58(46-13-7-4-8-14-46,47-15-9-5-10-16-47)48-17-11-6-12-18-48/h4-24,26-31,38,51-52,55-56,61,68,70-71H,33-37H2,1-3H3. The molecule has 0 radical (unpaired) electrons. The third-order valence-electron chi connectivity index (χ3n) is 13.3. The minimum Gasteiger partial charge on any atom is -0.463 e. The molecule has 1 fully saturated rings. The molecular weight excluding hydrogens is 944 g/mol. The Labute approximate surface area is 427 Å². The molecule has 0 spiro atoms. The van der Waals surface area contributed by atoms with Crippen LogP contribution in [-0.2, 0) is 57.4 Å². The van der Waals surface area contributed by atoms with Gasteiger partial charge in [0.2, 0.25) is 11.4 Å². The van der Waals surface area contributed by atoms with Gasteiger partial charge in [-0.1, -0.05) is 145 Å². The number of esters is 3. The Morgan fingerprint density at radius 1 is 0.703 bits per heavy atom. The van der Waals surface area contributed by atoms with Crippen LogP contribution < -0.4 is 5.32 Å². The molecule has 0 bridgehead atoms. The van der Waals surface area contributed by atoms with Crippen molar-refractivity contribution in [3.8, 4) is 11.8 Å². The van der Waals surface area contributed by atoms with Crippen molar-refractivity contribution in [3.05, 3.63) is 226 Å². The summed E-state index contributed by atoms with van der Waals surface area (Å²) in [6.45, 7) is 2.34.